The van der Waals surface area contributed by atoms with Crippen LogP contribution in [0.25, 0.3) is 34.6 Å². The molecule has 0 N–H and O–H groups in total. The Morgan fingerprint density at radius 2 is 1.29 bits per heavy atom. The molecule has 0 heterocycles. The number of allylic oxidation sites excluding steroid dienone is 1. The summed E-state index contributed by atoms with van der Waals surface area (Å²) in [7, 11) is 0. The Balaban J connectivity index is -0.000000695. The lowest BCUT2D eigenvalue weighted by Gasteiger charge is -2.14. The Labute approximate surface area is 176 Å². The highest BCUT2D eigenvalue weighted by molar-refractivity contribution is 5.97. The molecule has 28 heavy (non-hydrogen) atoms. The van der Waals surface area contributed by atoms with E-state index in [0.29, 0.717) is 0 Å². The van der Waals surface area contributed by atoms with Crippen molar-refractivity contribution in [2.24, 2.45) is 0 Å². The lowest BCUT2D eigenvalue weighted by molar-refractivity contribution is 1.43. The molecule has 0 bridgehead atoms. The third-order valence-electron chi connectivity index (χ3n) is 3.87. The standard InChI is InChI=1S/C20H22.4C2H6/c1-7-15-16(8-2)20-14(6)11-10-12-18(20)17(9-3)19(15)13(4)5;4*1-2/h7-12H,3-4H2,1-2,5-6H3;4*1-2H3/b15-7-,16-8-;;;;. The molecule has 2 aromatic rings. The van der Waals surface area contributed by atoms with Crippen LogP contribution < -0.4 is 10.4 Å². The second kappa shape index (κ2) is 18.3. The molecule has 158 valence electrons. The van der Waals surface area contributed by atoms with Gasteiger partial charge in [-0.25, -0.2) is 0 Å². The zero-order valence-electron chi connectivity index (χ0n) is 20.9. The Morgan fingerprint density at radius 3 is 1.64 bits per heavy atom. The fourth-order valence-corrected chi connectivity index (χ4v) is 3.07. The first-order chi connectivity index (χ1) is 13.6. The molecule has 0 saturated heterocycles. The predicted molar refractivity (Wildman–Crippen MR) is 138 cm³/mol. The summed E-state index contributed by atoms with van der Waals surface area (Å²) >= 11 is 0. The maximum Gasteiger partial charge on any atom is -0.00731 e. The highest BCUT2D eigenvalue weighted by Gasteiger charge is 2.11. The normalized spacial score (nSPS) is 10.1. The Hall–Kier alpha value is -2.08. The van der Waals surface area contributed by atoms with Crippen molar-refractivity contribution in [2.75, 3.05) is 0 Å². The van der Waals surface area contributed by atoms with Crippen LogP contribution in [-0.4, -0.2) is 0 Å². The van der Waals surface area contributed by atoms with E-state index in [1.165, 1.54) is 37.9 Å². The number of fused-ring (bicyclic) bond motifs is 1. The van der Waals surface area contributed by atoms with E-state index < -0.39 is 0 Å². The molecule has 0 aliphatic heterocycles. The Kier molecular flexibility index (Phi) is 20.0. The van der Waals surface area contributed by atoms with Gasteiger partial charge in [0, 0.05) is 0 Å². The van der Waals surface area contributed by atoms with Gasteiger partial charge >= 0.3 is 0 Å². The van der Waals surface area contributed by atoms with Crippen molar-refractivity contribution in [1.82, 2.24) is 0 Å². The van der Waals surface area contributed by atoms with E-state index in [4.69, 9.17) is 0 Å². The van der Waals surface area contributed by atoms with Gasteiger partial charge in [-0.2, -0.15) is 0 Å². The Morgan fingerprint density at radius 1 is 0.821 bits per heavy atom. The van der Waals surface area contributed by atoms with Gasteiger partial charge in [0.25, 0.3) is 0 Å². The van der Waals surface area contributed by atoms with E-state index in [2.05, 4.69) is 71.2 Å². The van der Waals surface area contributed by atoms with Gasteiger partial charge in [0.15, 0.2) is 0 Å². The van der Waals surface area contributed by atoms with Crippen molar-refractivity contribution >= 4 is 34.6 Å². The summed E-state index contributed by atoms with van der Waals surface area (Å²) in [6.45, 7) is 32.6. The van der Waals surface area contributed by atoms with E-state index in [9.17, 15) is 0 Å². The number of rotatable bonds is 2. The van der Waals surface area contributed by atoms with Crippen molar-refractivity contribution in [2.45, 2.75) is 83.1 Å². The minimum absolute atomic E-state index is 1.08. The highest BCUT2D eigenvalue weighted by atomic mass is 14.1. The van der Waals surface area contributed by atoms with Crippen molar-refractivity contribution in [1.29, 1.82) is 0 Å². The zero-order valence-corrected chi connectivity index (χ0v) is 20.9. The first-order valence-corrected chi connectivity index (χ1v) is 11.0. The summed E-state index contributed by atoms with van der Waals surface area (Å²) in [5.41, 5.74) is 4.79. The third-order valence-corrected chi connectivity index (χ3v) is 3.87. The zero-order chi connectivity index (χ0) is 22.9. The van der Waals surface area contributed by atoms with Gasteiger partial charge in [-0.1, -0.05) is 105 Å². The number of hydrogen-bond donors (Lipinski definition) is 0. The average Bonchev–Trinajstić information content (AvgIpc) is 2.77. The lowest BCUT2D eigenvalue weighted by atomic mass is 9.89. The first-order valence-electron chi connectivity index (χ1n) is 11.0. The number of hydrogen-bond acceptors (Lipinski definition) is 0. The summed E-state index contributed by atoms with van der Waals surface area (Å²) in [5.74, 6) is 0. The number of benzene rings is 2. The van der Waals surface area contributed by atoms with Crippen LogP contribution in [0.4, 0.5) is 0 Å². The third kappa shape index (κ3) is 7.15. The van der Waals surface area contributed by atoms with Crippen LogP contribution in [0, 0.1) is 6.92 Å². The van der Waals surface area contributed by atoms with Gasteiger partial charge in [0.2, 0.25) is 0 Å². The molecule has 0 aromatic heterocycles. The minimum Gasteiger partial charge on any atom is -0.0984 e. The topological polar surface area (TPSA) is 0 Å². The fraction of sp³-hybridized carbons (Fsp3) is 0.429. The van der Waals surface area contributed by atoms with Gasteiger partial charge in [0.05, 0.1) is 0 Å². The summed E-state index contributed by atoms with van der Waals surface area (Å²) in [6.07, 6.45) is 6.33. The van der Waals surface area contributed by atoms with Crippen molar-refractivity contribution in [3.8, 4) is 0 Å². The first kappa shape index (κ1) is 30.6. The van der Waals surface area contributed by atoms with Crippen LogP contribution in [-0.2, 0) is 0 Å². The van der Waals surface area contributed by atoms with Crippen LogP contribution in [0.15, 0.2) is 31.4 Å². The van der Waals surface area contributed by atoms with E-state index >= 15 is 0 Å². The molecule has 0 unspecified atom stereocenters. The summed E-state index contributed by atoms with van der Waals surface area (Å²) in [4.78, 5) is 0. The molecule has 2 rings (SSSR count). The molecule has 0 aliphatic carbocycles. The molecule has 0 amide bonds. The maximum atomic E-state index is 4.17. The maximum absolute atomic E-state index is 4.17. The second-order valence-corrected chi connectivity index (χ2v) is 5.18. The quantitative estimate of drug-likeness (QED) is 0.488. The van der Waals surface area contributed by atoms with E-state index in [0.717, 1.165) is 5.57 Å². The molecular weight excluding hydrogens is 336 g/mol. The van der Waals surface area contributed by atoms with E-state index in [1.807, 2.05) is 61.5 Å². The number of aryl methyl sites for hydroxylation is 1. The lowest BCUT2D eigenvalue weighted by Crippen LogP contribution is -2.30. The summed E-state index contributed by atoms with van der Waals surface area (Å²) in [5, 5.41) is 5.14. The predicted octanol–water partition coefficient (Wildman–Crippen LogP) is 8.53. The van der Waals surface area contributed by atoms with Crippen molar-refractivity contribution in [3.63, 3.8) is 0 Å². The smallest absolute Gasteiger partial charge is 0.00731 e. The highest BCUT2D eigenvalue weighted by Crippen LogP contribution is 2.24. The van der Waals surface area contributed by atoms with Crippen LogP contribution in [0.2, 0.25) is 0 Å². The van der Waals surface area contributed by atoms with E-state index in [1.54, 1.807) is 0 Å². The van der Waals surface area contributed by atoms with Crippen LogP contribution in [0.5, 0.6) is 0 Å². The fourth-order valence-electron chi connectivity index (χ4n) is 3.07. The largest absolute Gasteiger partial charge is 0.0984 e. The molecule has 2 aromatic carbocycles. The van der Waals surface area contributed by atoms with E-state index in [-0.39, 0.29) is 0 Å². The molecule has 0 aliphatic rings. The van der Waals surface area contributed by atoms with Crippen LogP contribution >= 0.6 is 0 Å². The minimum atomic E-state index is 1.08. The van der Waals surface area contributed by atoms with Crippen molar-refractivity contribution in [3.05, 3.63) is 58.5 Å². The van der Waals surface area contributed by atoms with Gasteiger partial charge in [-0.15, -0.1) is 0 Å². The van der Waals surface area contributed by atoms with Gasteiger partial charge in [-0.3, -0.25) is 0 Å². The molecule has 0 heteroatoms. The van der Waals surface area contributed by atoms with Crippen LogP contribution in [0.1, 0.15) is 92.9 Å². The summed E-state index contributed by atoms with van der Waals surface area (Å²) < 4.78 is 0. The molecular formula is C28H46. The van der Waals surface area contributed by atoms with Gasteiger partial charge < -0.3 is 0 Å². The Bertz CT molecular complexity index is 817. The average molecular weight is 383 g/mol. The summed E-state index contributed by atoms with van der Waals surface area (Å²) in [6, 6.07) is 6.46. The molecule has 0 radical (unpaired) electrons. The van der Waals surface area contributed by atoms with Gasteiger partial charge in [0.1, 0.15) is 0 Å². The second-order valence-electron chi connectivity index (χ2n) is 5.18. The molecule has 0 nitrogen and oxygen atoms in total. The van der Waals surface area contributed by atoms with Crippen LogP contribution in [0.3, 0.4) is 0 Å². The monoisotopic (exact) mass is 382 g/mol. The molecule has 0 fully saturated rings. The molecule has 0 spiro atoms. The van der Waals surface area contributed by atoms with Crippen molar-refractivity contribution < 1.29 is 0 Å². The molecule has 0 saturated carbocycles. The SMILES string of the molecule is C=Cc1c(C(=C)C)c(=C\C)/c(=C/C)c2c(C)cccc12.CC.CC.CC.CC. The molecule has 0 atom stereocenters. The van der Waals surface area contributed by atoms with Gasteiger partial charge in [-0.05, 0) is 71.2 Å².